The van der Waals surface area contributed by atoms with Gasteiger partial charge in [0, 0.05) is 35.8 Å². The van der Waals surface area contributed by atoms with Gasteiger partial charge in [0.25, 0.3) is 11.8 Å². The van der Waals surface area contributed by atoms with Gasteiger partial charge in [-0.05, 0) is 48.2 Å². The quantitative estimate of drug-likeness (QED) is 0.629. The number of nitrogen functional groups attached to an aromatic ring is 1. The number of carbonyl (C=O) groups excluding carboxylic acids is 2. The van der Waals surface area contributed by atoms with Crippen LogP contribution in [0.1, 0.15) is 39.3 Å². The predicted molar refractivity (Wildman–Crippen MR) is 116 cm³/mol. The Labute approximate surface area is 174 Å². The van der Waals surface area contributed by atoms with E-state index in [2.05, 4.69) is 10.6 Å². The van der Waals surface area contributed by atoms with Gasteiger partial charge in [-0.25, -0.2) is 0 Å². The van der Waals surface area contributed by atoms with E-state index in [-0.39, 0.29) is 11.8 Å². The summed E-state index contributed by atoms with van der Waals surface area (Å²) in [5, 5.41) is 5.84. The average Bonchev–Trinajstić information content (AvgIpc) is 3.58. The highest BCUT2D eigenvalue weighted by Crippen LogP contribution is 2.30. The number of aromatic nitrogens is 1. The molecule has 1 aliphatic heterocycles. The Hall–Kier alpha value is -3.67. The molecular weight excluding hydrogens is 376 g/mol. The molecule has 4 N–H and O–H groups in total. The van der Waals surface area contributed by atoms with Gasteiger partial charge in [0.2, 0.25) is 0 Å². The number of hydrogen-bond acceptors (Lipinski definition) is 4. The lowest BCUT2D eigenvalue weighted by atomic mass is 9.98. The fourth-order valence-corrected chi connectivity index (χ4v) is 3.79. The maximum absolute atomic E-state index is 12.4. The van der Waals surface area contributed by atoms with Crippen LogP contribution in [0.2, 0.25) is 0 Å². The fourth-order valence-electron chi connectivity index (χ4n) is 3.79. The van der Waals surface area contributed by atoms with E-state index in [0.29, 0.717) is 35.8 Å². The van der Waals surface area contributed by atoms with Gasteiger partial charge in [-0.3, -0.25) is 14.6 Å². The van der Waals surface area contributed by atoms with Crippen LogP contribution in [0.3, 0.4) is 0 Å². The van der Waals surface area contributed by atoms with Crippen molar-refractivity contribution >= 4 is 17.5 Å². The molecule has 2 aromatic carbocycles. The molecule has 1 fully saturated rings. The van der Waals surface area contributed by atoms with Crippen LogP contribution in [0.5, 0.6) is 0 Å². The lowest BCUT2D eigenvalue weighted by Gasteiger charge is -2.18. The first kappa shape index (κ1) is 18.4. The normalized spacial score (nSPS) is 15.3. The maximum Gasteiger partial charge on any atom is 0.255 e. The third-order valence-corrected chi connectivity index (χ3v) is 5.53. The van der Waals surface area contributed by atoms with Crippen LogP contribution in [0.4, 0.5) is 5.69 Å². The highest BCUT2D eigenvalue weighted by atomic mass is 16.2. The zero-order valence-corrected chi connectivity index (χ0v) is 16.4. The summed E-state index contributed by atoms with van der Waals surface area (Å²) >= 11 is 0. The molecule has 6 nitrogen and oxygen atoms in total. The Kier molecular flexibility index (Phi) is 4.47. The molecule has 0 unspecified atom stereocenters. The van der Waals surface area contributed by atoms with Gasteiger partial charge >= 0.3 is 0 Å². The number of nitrogens with zero attached hydrogens (tertiary/aromatic N) is 1. The fraction of sp³-hybridized carbons (Fsp3) is 0.208. The van der Waals surface area contributed by atoms with Gasteiger partial charge in [0.15, 0.2) is 0 Å². The van der Waals surface area contributed by atoms with E-state index in [4.69, 9.17) is 10.7 Å². The van der Waals surface area contributed by atoms with Crippen LogP contribution in [0, 0.1) is 0 Å². The van der Waals surface area contributed by atoms with Crippen molar-refractivity contribution < 1.29 is 9.59 Å². The van der Waals surface area contributed by atoms with Gasteiger partial charge in [0.05, 0.1) is 17.0 Å². The van der Waals surface area contributed by atoms with Crippen molar-refractivity contribution in [1.82, 2.24) is 15.6 Å². The summed E-state index contributed by atoms with van der Waals surface area (Å²) in [6.07, 6.45) is 2.79. The number of carbonyl (C=O) groups is 2. The minimum Gasteiger partial charge on any atom is -0.398 e. The van der Waals surface area contributed by atoms with Crippen molar-refractivity contribution in [1.29, 1.82) is 0 Å². The molecule has 2 aliphatic rings. The Bertz CT molecular complexity index is 1170. The number of rotatable bonds is 4. The van der Waals surface area contributed by atoms with Crippen LogP contribution in [-0.2, 0) is 6.42 Å². The molecule has 0 saturated heterocycles. The van der Waals surface area contributed by atoms with E-state index in [0.717, 1.165) is 40.9 Å². The number of pyridine rings is 1. The molecule has 30 heavy (non-hydrogen) atoms. The van der Waals surface area contributed by atoms with Gasteiger partial charge in [-0.2, -0.15) is 0 Å². The highest BCUT2D eigenvalue weighted by Gasteiger charge is 2.24. The summed E-state index contributed by atoms with van der Waals surface area (Å²) < 4.78 is 0. The number of anilines is 1. The first-order chi connectivity index (χ1) is 14.6. The Morgan fingerprint density at radius 1 is 1.03 bits per heavy atom. The molecule has 2 amide bonds. The molecule has 1 aliphatic carbocycles. The smallest absolute Gasteiger partial charge is 0.255 e. The number of nitrogens with one attached hydrogen (secondary N) is 2. The highest BCUT2D eigenvalue weighted by molar-refractivity contribution is 6.01. The summed E-state index contributed by atoms with van der Waals surface area (Å²) in [5.41, 5.74) is 12.1. The van der Waals surface area contributed by atoms with E-state index in [9.17, 15) is 9.59 Å². The summed E-state index contributed by atoms with van der Waals surface area (Å²) in [6.45, 7) is 0.567. The second kappa shape index (κ2) is 7.30. The molecular formula is C24H22N4O2. The van der Waals surface area contributed by atoms with Crippen molar-refractivity contribution in [3.8, 4) is 22.4 Å². The van der Waals surface area contributed by atoms with Crippen molar-refractivity contribution in [3.05, 3.63) is 71.4 Å². The van der Waals surface area contributed by atoms with Crippen LogP contribution in [0.15, 0.2) is 54.6 Å². The van der Waals surface area contributed by atoms with Crippen LogP contribution in [-0.4, -0.2) is 29.4 Å². The molecule has 2 heterocycles. The minimum atomic E-state index is -0.164. The number of benzene rings is 2. The molecule has 1 aromatic heterocycles. The van der Waals surface area contributed by atoms with Gasteiger partial charge in [0.1, 0.15) is 0 Å². The summed E-state index contributed by atoms with van der Waals surface area (Å²) in [7, 11) is 0. The molecule has 5 rings (SSSR count). The predicted octanol–water partition coefficient (Wildman–Crippen LogP) is 3.18. The zero-order chi connectivity index (χ0) is 20.7. The van der Waals surface area contributed by atoms with Gasteiger partial charge in [-0.1, -0.05) is 30.3 Å². The molecule has 150 valence electrons. The van der Waals surface area contributed by atoms with Crippen molar-refractivity contribution in [2.45, 2.75) is 25.3 Å². The zero-order valence-electron chi connectivity index (χ0n) is 16.4. The number of amides is 2. The second-order valence-electron chi connectivity index (χ2n) is 7.83. The van der Waals surface area contributed by atoms with Gasteiger partial charge < -0.3 is 16.4 Å². The van der Waals surface area contributed by atoms with Gasteiger partial charge in [-0.15, -0.1) is 0 Å². The van der Waals surface area contributed by atoms with E-state index < -0.39 is 0 Å². The molecule has 6 heteroatoms. The first-order valence-corrected chi connectivity index (χ1v) is 10.2. The molecule has 0 radical (unpaired) electrons. The molecule has 1 saturated carbocycles. The summed E-state index contributed by atoms with van der Waals surface area (Å²) in [4.78, 5) is 29.2. The topological polar surface area (TPSA) is 97.1 Å². The van der Waals surface area contributed by atoms with E-state index >= 15 is 0 Å². The lowest BCUT2D eigenvalue weighted by Crippen LogP contribution is -2.33. The molecule has 0 spiro atoms. The molecule has 0 atom stereocenters. The number of fused-ring (bicyclic) bond motifs is 1. The van der Waals surface area contributed by atoms with E-state index in [1.807, 2.05) is 48.5 Å². The average molecular weight is 398 g/mol. The monoisotopic (exact) mass is 398 g/mol. The standard InChI is InChI=1S/C24H22N4O2/c25-19-13-21(28-20-9-10-26-24(30)22(19)20)16-5-1-3-14(11-16)15-4-2-6-17(12-15)23(29)27-18-7-8-18/h1-6,11-13,18H,7-10H2,(H2,25,28)(H,26,30)(H,27,29). The van der Waals surface area contributed by atoms with E-state index in [1.165, 1.54) is 0 Å². The molecule has 3 aromatic rings. The second-order valence-corrected chi connectivity index (χ2v) is 7.83. The maximum atomic E-state index is 12.4. The first-order valence-electron chi connectivity index (χ1n) is 10.2. The number of hydrogen-bond donors (Lipinski definition) is 3. The Morgan fingerprint density at radius 3 is 2.57 bits per heavy atom. The van der Waals surface area contributed by atoms with Crippen LogP contribution >= 0.6 is 0 Å². The van der Waals surface area contributed by atoms with Crippen LogP contribution < -0.4 is 16.4 Å². The minimum absolute atomic E-state index is 0.0297. The van der Waals surface area contributed by atoms with Crippen molar-refractivity contribution in [3.63, 3.8) is 0 Å². The summed E-state index contributed by atoms with van der Waals surface area (Å²) in [5.74, 6) is -0.194. The lowest BCUT2D eigenvalue weighted by molar-refractivity contribution is 0.0939. The largest absolute Gasteiger partial charge is 0.398 e. The summed E-state index contributed by atoms with van der Waals surface area (Å²) in [6, 6.07) is 17.7. The van der Waals surface area contributed by atoms with Crippen LogP contribution in [0.25, 0.3) is 22.4 Å². The Balaban J connectivity index is 1.49. The Morgan fingerprint density at radius 2 is 1.77 bits per heavy atom. The molecule has 0 bridgehead atoms. The third kappa shape index (κ3) is 3.52. The van der Waals surface area contributed by atoms with E-state index in [1.54, 1.807) is 6.07 Å². The van der Waals surface area contributed by atoms with Crippen molar-refractivity contribution in [2.75, 3.05) is 12.3 Å². The van der Waals surface area contributed by atoms with Crippen molar-refractivity contribution in [2.24, 2.45) is 0 Å². The third-order valence-electron chi connectivity index (χ3n) is 5.53. The SMILES string of the molecule is Nc1cc(-c2cccc(-c3cccc(C(=O)NC4CC4)c3)c2)nc2c1C(=O)NCC2. The number of nitrogens with two attached hydrogens (primary N) is 1.